The first-order valence-electron chi connectivity index (χ1n) is 11.3. The fourth-order valence-corrected chi connectivity index (χ4v) is 4.43. The van der Waals surface area contributed by atoms with Gasteiger partial charge in [0.1, 0.15) is 5.76 Å². The highest BCUT2D eigenvalue weighted by Crippen LogP contribution is 2.42. The molecule has 0 radical (unpaired) electrons. The van der Waals surface area contributed by atoms with Crippen LogP contribution in [0.3, 0.4) is 0 Å². The number of fused-ring (bicyclic) bond motifs is 3. The second kappa shape index (κ2) is 8.57. The molecule has 6 heteroatoms. The van der Waals surface area contributed by atoms with Gasteiger partial charge in [0.15, 0.2) is 11.1 Å². The average molecular weight is 460 g/mol. The van der Waals surface area contributed by atoms with Gasteiger partial charge in [-0.2, -0.15) is 0 Å². The van der Waals surface area contributed by atoms with Crippen LogP contribution >= 0.6 is 0 Å². The lowest BCUT2D eigenvalue weighted by molar-refractivity contribution is 0.0600. The Morgan fingerprint density at radius 3 is 2.23 bits per heavy atom. The summed E-state index contributed by atoms with van der Waals surface area (Å²) in [4.78, 5) is 11.7. The molecule has 2 aromatic heterocycles. The van der Waals surface area contributed by atoms with E-state index in [0.29, 0.717) is 23.2 Å². The van der Waals surface area contributed by atoms with Gasteiger partial charge in [-0.05, 0) is 35.4 Å². The van der Waals surface area contributed by atoms with E-state index in [1.165, 1.54) is 7.11 Å². The number of rotatable bonds is 5. The quantitative estimate of drug-likeness (QED) is 0.281. The number of methoxy groups -OCH3 is 1. The maximum absolute atomic E-state index is 11.7. The van der Waals surface area contributed by atoms with Crippen LogP contribution in [0.25, 0.3) is 44.5 Å². The molecule has 6 rings (SSSR count). The number of hydrogen-bond donors (Lipinski definition) is 0. The van der Waals surface area contributed by atoms with Gasteiger partial charge in [0.25, 0.3) is 0 Å². The predicted octanol–water partition coefficient (Wildman–Crippen LogP) is 6.35. The molecule has 35 heavy (non-hydrogen) atoms. The Bertz CT molecular complexity index is 1650. The number of carbonyl (C=O) groups is 1. The van der Waals surface area contributed by atoms with E-state index in [0.717, 1.165) is 38.9 Å². The molecule has 0 atom stereocenters. The van der Waals surface area contributed by atoms with Crippen LogP contribution in [0, 0.1) is 0 Å². The van der Waals surface area contributed by atoms with Crippen LogP contribution in [0.5, 0.6) is 0 Å². The second-order valence-corrected chi connectivity index (χ2v) is 8.28. The molecule has 0 amide bonds. The number of ether oxygens (including phenoxy) is 1. The summed E-state index contributed by atoms with van der Waals surface area (Å²) in [5.74, 6) is 0.457. The predicted molar refractivity (Wildman–Crippen MR) is 135 cm³/mol. The maximum atomic E-state index is 11.7. The molecule has 0 saturated carbocycles. The van der Waals surface area contributed by atoms with Crippen LogP contribution in [-0.4, -0.2) is 28.1 Å². The van der Waals surface area contributed by atoms with E-state index in [1.807, 2.05) is 59.3 Å². The summed E-state index contributed by atoms with van der Waals surface area (Å²) < 4.78 is 13.1. The summed E-state index contributed by atoms with van der Waals surface area (Å²) >= 11 is 0. The standard InChI is InChI=1S/C29H21N3O3/c1-34-29(33)22-14-12-19(13-15-22)18-32-24-17-16-23-25(20-8-4-2-5-9-20)27(21-10-6-3-7-11-21)35-28(23)26(24)30-31-32/h2-17H,18H2,1H3. The fourth-order valence-electron chi connectivity index (χ4n) is 4.43. The first kappa shape index (κ1) is 20.9. The Morgan fingerprint density at radius 2 is 1.54 bits per heavy atom. The molecule has 0 saturated heterocycles. The number of esters is 1. The lowest BCUT2D eigenvalue weighted by atomic mass is 9.98. The highest BCUT2D eigenvalue weighted by atomic mass is 16.5. The van der Waals surface area contributed by atoms with Gasteiger partial charge in [0, 0.05) is 16.5 Å². The third-order valence-electron chi connectivity index (χ3n) is 6.15. The Kier molecular flexibility index (Phi) is 5.11. The summed E-state index contributed by atoms with van der Waals surface area (Å²) in [7, 11) is 1.37. The summed E-state index contributed by atoms with van der Waals surface area (Å²) in [5, 5.41) is 9.90. The molecule has 6 aromatic rings. The number of aromatic nitrogens is 3. The first-order chi connectivity index (χ1) is 17.2. The Balaban J connectivity index is 1.47. The molecule has 170 valence electrons. The Hall–Kier alpha value is -4.71. The number of hydrogen-bond acceptors (Lipinski definition) is 5. The molecule has 0 bridgehead atoms. The lowest BCUT2D eigenvalue weighted by Crippen LogP contribution is -2.04. The molecule has 0 spiro atoms. The number of carbonyl (C=O) groups excluding carboxylic acids is 1. The molecule has 2 heterocycles. The molecule has 6 nitrogen and oxygen atoms in total. The zero-order valence-corrected chi connectivity index (χ0v) is 19.0. The molecule has 0 aliphatic carbocycles. The molecule has 0 aliphatic heterocycles. The fraction of sp³-hybridized carbons (Fsp3) is 0.0690. The van der Waals surface area contributed by atoms with Crippen molar-refractivity contribution < 1.29 is 13.9 Å². The van der Waals surface area contributed by atoms with E-state index in [-0.39, 0.29) is 5.97 Å². The molecular weight excluding hydrogens is 438 g/mol. The number of nitrogens with zero attached hydrogens (tertiary/aromatic N) is 3. The van der Waals surface area contributed by atoms with Crippen molar-refractivity contribution in [1.82, 2.24) is 15.0 Å². The maximum Gasteiger partial charge on any atom is 0.337 e. The number of furan rings is 1. The van der Waals surface area contributed by atoms with Crippen molar-refractivity contribution in [3.8, 4) is 22.5 Å². The largest absolute Gasteiger partial charge is 0.465 e. The third-order valence-corrected chi connectivity index (χ3v) is 6.15. The van der Waals surface area contributed by atoms with Crippen molar-refractivity contribution in [2.75, 3.05) is 7.11 Å². The van der Waals surface area contributed by atoms with Crippen LogP contribution in [0.1, 0.15) is 15.9 Å². The summed E-state index contributed by atoms with van der Waals surface area (Å²) in [6.45, 7) is 0.515. The van der Waals surface area contributed by atoms with Gasteiger partial charge in [-0.3, -0.25) is 0 Å². The smallest absolute Gasteiger partial charge is 0.337 e. The zero-order chi connectivity index (χ0) is 23.8. The van der Waals surface area contributed by atoms with Gasteiger partial charge in [-0.1, -0.05) is 78.0 Å². The van der Waals surface area contributed by atoms with Crippen molar-refractivity contribution in [3.05, 3.63) is 108 Å². The van der Waals surface area contributed by atoms with Crippen LogP contribution in [-0.2, 0) is 11.3 Å². The molecule has 4 aromatic carbocycles. The first-order valence-corrected chi connectivity index (χ1v) is 11.3. The molecule has 0 N–H and O–H groups in total. The highest BCUT2D eigenvalue weighted by molar-refractivity contribution is 6.10. The SMILES string of the molecule is COC(=O)c1ccc(Cn2nnc3c4oc(-c5ccccc5)c(-c5ccccc5)c4ccc32)cc1. The van der Waals surface area contributed by atoms with E-state index < -0.39 is 0 Å². The Labute approximate surface area is 201 Å². The second-order valence-electron chi connectivity index (χ2n) is 8.28. The normalized spacial score (nSPS) is 11.2. The van der Waals surface area contributed by atoms with Crippen LogP contribution in [0.4, 0.5) is 0 Å². The van der Waals surface area contributed by atoms with Gasteiger partial charge in [0.05, 0.1) is 24.7 Å². The Morgan fingerprint density at radius 1 is 0.857 bits per heavy atom. The topological polar surface area (TPSA) is 70.2 Å². The minimum Gasteiger partial charge on any atom is -0.465 e. The van der Waals surface area contributed by atoms with Crippen LogP contribution < -0.4 is 0 Å². The van der Waals surface area contributed by atoms with Crippen LogP contribution in [0.2, 0.25) is 0 Å². The third kappa shape index (κ3) is 3.65. The molecule has 0 fully saturated rings. The minimum atomic E-state index is -0.355. The van der Waals surface area contributed by atoms with E-state index in [4.69, 9.17) is 9.15 Å². The molecular formula is C29H21N3O3. The van der Waals surface area contributed by atoms with Crippen molar-refractivity contribution in [1.29, 1.82) is 0 Å². The number of benzene rings is 4. The van der Waals surface area contributed by atoms with E-state index >= 15 is 0 Å². The summed E-state index contributed by atoms with van der Waals surface area (Å²) in [5.41, 5.74) is 6.96. The van der Waals surface area contributed by atoms with Crippen LogP contribution in [0.15, 0.2) is 101 Å². The molecule has 0 aliphatic rings. The average Bonchev–Trinajstić information content (AvgIpc) is 3.51. The van der Waals surface area contributed by atoms with E-state index in [9.17, 15) is 4.79 Å². The van der Waals surface area contributed by atoms with Gasteiger partial charge in [-0.15, -0.1) is 5.10 Å². The summed E-state index contributed by atoms with van der Waals surface area (Å²) in [6.07, 6.45) is 0. The van der Waals surface area contributed by atoms with E-state index in [1.54, 1.807) is 12.1 Å². The lowest BCUT2D eigenvalue weighted by Gasteiger charge is -2.05. The van der Waals surface area contributed by atoms with Gasteiger partial charge < -0.3 is 9.15 Å². The van der Waals surface area contributed by atoms with Crippen molar-refractivity contribution >= 4 is 28.0 Å². The van der Waals surface area contributed by atoms with Crippen molar-refractivity contribution in [2.45, 2.75) is 6.54 Å². The monoisotopic (exact) mass is 459 g/mol. The van der Waals surface area contributed by atoms with Gasteiger partial charge in [0.2, 0.25) is 0 Å². The van der Waals surface area contributed by atoms with E-state index in [2.05, 4.69) is 40.6 Å². The van der Waals surface area contributed by atoms with Gasteiger partial charge >= 0.3 is 5.97 Å². The van der Waals surface area contributed by atoms with Crippen molar-refractivity contribution in [3.63, 3.8) is 0 Å². The zero-order valence-electron chi connectivity index (χ0n) is 19.0. The van der Waals surface area contributed by atoms with Crippen molar-refractivity contribution in [2.24, 2.45) is 0 Å². The van der Waals surface area contributed by atoms with Gasteiger partial charge in [-0.25, -0.2) is 9.48 Å². The molecule has 0 unspecified atom stereocenters. The summed E-state index contributed by atoms with van der Waals surface area (Å²) in [6, 6.07) is 31.8. The minimum absolute atomic E-state index is 0.355. The highest BCUT2D eigenvalue weighted by Gasteiger charge is 2.21.